The van der Waals surface area contributed by atoms with Gasteiger partial charge in [-0.05, 0) is 32.3 Å². The van der Waals surface area contributed by atoms with Crippen molar-refractivity contribution in [2.24, 2.45) is 0 Å². The molecule has 0 aromatic heterocycles. The minimum absolute atomic E-state index is 0.0476. The zero-order valence-corrected chi connectivity index (χ0v) is 16.6. The summed E-state index contributed by atoms with van der Waals surface area (Å²) in [6, 6.07) is 6.75. The van der Waals surface area contributed by atoms with Crippen LogP contribution in [0.4, 0.5) is 4.79 Å². The lowest BCUT2D eigenvalue weighted by Gasteiger charge is -2.25. The SMILES string of the molecule is CCOC(=O)C(NC(=O)[C@@H]1CCCN1C(=O)OCc1ccccc1)C(=O)OCC. The van der Waals surface area contributed by atoms with E-state index in [-0.39, 0.29) is 19.8 Å². The number of benzene rings is 1. The van der Waals surface area contributed by atoms with E-state index in [0.29, 0.717) is 19.4 Å². The summed E-state index contributed by atoms with van der Waals surface area (Å²) in [6.45, 7) is 3.69. The van der Waals surface area contributed by atoms with E-state index in [1.165, 1.54) is 4.90 Å². The molecule has 0 saturated carbocycles. The molecule has 9 heteroatoms. The summed E-state index contributed by atoms with van der Waals surface area (Å²) < 4.78 is 15.0. The monoisotopic (exact) mass is 406 g/mol. The Morgan fingerprint density at radius 1 is 1.03 bits per heavy atom. The molecule has 0 unspecified atom stereocenters. The van der Waals surface area contributed by atoms with Crippen molar-refractivity contribution in [2.75, 3.05) is 19.8 Å². The molecule has 0 spiro atoms. The number of carbonyl (C=O) groups is 4. The van der Waals surface area contributed by atoms with Crippen molar-refractivity contribution in [1.29, 1.82) is 0 Å². The maximum atomic E-state index is 12.7. The van der Waals surface area contributed by atoms with Crippen molar-refractivity contribution in [3.63, 3.8) is 0 Å². The maximum Gasteiger partial charge on any atom is 0.410 e. The van der Waals surface area contributed by atoms with Gasteiger partial charge in [0.25, 0.3) is 0 Å². The molecule has 1 atom stereocenters. The van der Waals surface area contributed by atoms with Crippen LogP contribution in [-0.2, 0) is 35.2 Å². The first-order chi connectivity index (χ1) is 14.0. The largest absolute Gasteiger partial charge is 0.464 e. The molecule has 1 aliphatic heterocycles. The van der Waals surface area contributed by atoms with Crippen LogP contribution in [0.25, 0.3) is 0 Å². The molecule has 2 amide bonds. The molecule has 1 aromatic rings. The van der Waals surface area contributed by atoms with Crippen molar-refractivity contribution >= 4 is 23.9 Å². The van der Waals surface area contributed by atoms with E-state index in [2.05, 4.69) is 5.32 Å². The third-order valence-electron chi connectivity index (χ3n) is 4.33. The number of hydrogen-bond donors (Lipinski definition) is 1. The first-order valence-electron chi connectivity index (χ1n) is 9.58. The van der Waals surface area contributed by atoms with E-state index in [4.69, 9.17) is 14.2 Å². The Hall–Kier alpha value is -3.10. The van der Waals surface area contributed by atoms with E-state index in [0.717, 1.165) is 5.56 Å². The van der Waals surface area contributed by atoms with Crippen LogP contribution in [0, 0.1) is 0 Å². The fraction of sp³-hybridized carbons (Fsp3) is 0.500. The summed E-state index contributed by atoms with van der Waals surface area (Å²) >= 11 is 0. The van der Waals surface area contributed by atoms with Crippen LogP contribution < -0.4 is 5.32 Å². The van der Waals surface area contributed by atoms with Gasteiger partial charge < -0.3 is 19.5 Å². The highest BCUT2D eigenvalue weighted by Gasteiger charge is 2.39. The van der Waals surface area contributed by atoms with Crippen molar-refractivity contribution in [1.82, 2.24) is 10.2 Å². The third kappa shape index (κ3) is 6.20. The molecule has 1 heterocycles. The Kier molecular flexibility index (Phi) is 8.45. The Labute approximate surface area is 169 Å². The van der Waals surface area contributed by atoms with Crippen LogP contribution in [0.2, 0.25) is 0 Å². The molecular weight excluding hydrogens is 380 g/mol. The van der Waals surface area contributed by atoms with E-state index in [1.807, 2.05) is 30.3 Å². The highest BCUT2D eigenvalue weighted by atomic mass is 16.6. The van der Waals surface area contributed by atoms with Crippen LogP contribution >= 0.6 is 0 Å². The number of ether oxygens (including phenoxy) is 3. The molecular formula is C20H26N2O7. The molecule has 1 aliphatic rings. The molecule has 1 fully saturated rings. The van der Waals surface area contributed by atoms with E-state index >= 15 is 0 Å². The smallest absolute Gasteiger partial charge is 0.410 e. The van der Waals surface area contributed by atoms with Crippen LogP contribution in [0.5, 0.6) is 0 Å². The Balaban J connectivity index is 2.00. The lowest BCUT2D eigenvalue weighted by molar-refractivity contribution is -0.159. The number of hydrogen-bond acceptors (Lipinski definition) is 7. The predicted octanol–water partition coefficient (Wildman–Crippen LogP) is 1.40. The molecule has 0 radical (unpaired) electrons. The molecule has 9 nitrogen and oxygen atoms in total. The number of amides is 2. The highest BCUT2D eigenvalue weighted by Crippen LogP contribution is 2.19. The number of nitrogens with one attached hydrogen (secondary N) is 1. The van der Waals surface area contributed by atoms with Gasteiger partial charge in [-0.15, -0.1) is 0 Å². The minimum atomic E-state index is -1.58. The second-order valence-corrected chi connectivity index (χ2v) is 6.34. The zero-order valence-electron chi connectivity index (χ0n) is 16.6. The van der Waals surface area contributed by atoms with Crippen LogP contribution in [-0.4, -0.2) is 60.7 Å². The topological polar surface area (TPSA) is 111 Å². The summed E-state index contributed by atoms with van der Waals surface area (Å²) in [5.74, 6) is -2.45. The molecule has 29 heavy (non-hydrogen) atoms. The van der Waals surface area contributed by atoms with Gasteiger partial charge in [-0.2, -0.15) is 0 Å². The molecule has 0 aliphatic carbocycles. The summed E-state index contributed by atoms with van der Waals surface area (Å²) in [7, 11) is 0. The molecule has 1 N–H and O–H groups in total. The second kappa shape index (κ2) is 11.0. The van der Waals surface area contributed by atoms with Crippen molar-refractivity contribution in [3.8, 4) is 0 Å². The minimum Gasteiger partial charge on any atom is -0.464 e. The van der Waals surface area contributed by atoms with Crippen molar-refractivity contribution in [2.45, 2.75) is 45.4 Å². The quantitative estimate of drug-likeness (QED) is 0.395. The van der Waals surface area contributed by atoms with Gasteiger partial charge in [0.2, 0.25) is 11.9 Å². The van der Waals surface area contributed by atoms with E-state index in [9.17, 15) is 19.2 Å². The van der Waals surface area contributed by atoms with Gasteiger partial charge >= 0.3 is 18.0 Å². The number of rotatable bonds is 8. The number of nitrogens with zero attached hydrogens (tertiary/aromatic N) is 1. The van der Waals surface area contributed by atoms with Gasteiger partial charge in [-0.25, -0.2) is 14.4 Å². The Morgan fingerprint density at radius 3 is 2.24 bits per heavy atom. The van der Waals surface area contributed by atoms with Gasteiger partial charge in [-0.3, -0.25) is 9.69 Å². The van der Waals surface area contributed by atoms with Crippen LogP contribution in [0.15, 0.2) is 30.3 Å². The normalized spacial score (nSPS) is 15.7. The first kappa shape index (κ1) is 22.2. The average molecular weight is 406 g/mol. The van der Waals surface area contributed by atoms with E-state index in [1.54, 1.807) is 13.8 Å². The average Bonchev–Trinajstić information content (AvgIpc) is 3.21. The van der Waals surface area contributed by atoms with E-state index < -0.39 is 36.0 Å². The summed E-state index contributed by atoms with van der Waals surface area (Å²) in [6.07, 6.45) is 0.363. The molecule has 2 rings (SSSR count). The van der Waals surface area contributed by atoms with Gasteiger partial charge in [0.05, 0.1) is 13.2 Å². The van der Waals surface area contributed by atoms with Crippen molar-refractivity contribution < 1.29 is 33.4 Å². The summed E-state index contributed by atoms with van der Waals surface area (Å²) in [4.78, 5) is 50.5. The van der Waals surface area contributed by atoms with Crippen LogP contribution in [0.1, 0.15) is 32.3 Å². The fourth-order valence-electron chi connectivity index (χ4n) is 2.96. The summed E-state index contributed by atoms with van der Waals surface area (Å²) in [5.41, 5.74) is 0.825. The van der Waals surface area contributed by atoms with Gasteiger partial charge in [0.1, 0.15) is 12.6 Å². The first-order valence-corrected chi connectivity index (χ1v) is 9.58. The van der Waals surface area contributed by atoms with Gasteiger partial charge in [-0.1, -0.05) is 30.3 Å². The molecule has 1 aromatic carbocycles. The highest BCUT2D eigenvalue weighted by molar-refractivity contribution is 6.03. The predicted molar refractivity (Wildman–Crippen MR) is 102 cm³/mol. The van der Waals surface area contributed by atoms with Gasteiger partial charge in [0.15, 0.2) is 0 Å². The lowest BCUT2D eigenvalue weighted by atomic mass is 10.2. The standard InChI is InChI=1S/C20H26N2O7/c1-3-27-18(24)16(19(25)28-4-2)21-17(23)15-11-8-12-22(15)20(26)29-13-14-9-6-5-7-10-14/h5-7,9-10,15-16H,3-4,8,11-13H2,1-2H3,(H,21,23)/t15-/m0/s1. The number of likely N-dealkylation sites (tertiary alicyclic amines) is 1. The molecule has 1 saturated heterocycles. The lowest BCUT2D eigenvalue weighted by Crippen LogP contribution is -2.54. The Morgan fingerprint density at radius 2 is 1.66 bits per heavy atom. The van der Waals surface area contributed by atoms with Crippen molar-refractivity contribution in [3.05, 3.63) is 35.9 Å². The number of esters is 2. The molecule has 0 bridgehead atoms. The zero-order chi connectivity index (χ0) is 21.2. The van der Waals surface area contributed by atoms with Crippen LogP contribution in [0.3, 0.4) is 0 Å². The third-order valence-corrected chi connectivity index (χ3v) is 4.33. The number of carbonyl (C=O) groups excluding carboxylic acids is 4. The van der Waals surface area contributed by atoms with Gasteiger partial charge in [0, 0.05) is 6.54 Å². The summed E-state index contributed by atoms with van der Waals surface area (Å²) in [5, 5.41) is 2.35. The molecule has 158 valence electrons. The maximum absolute atomic E-state index is 12.7. The Bertz CT molecular complexity index is 705. The fourth-order valence-corrected chi connectivity index (χ4v) is 2.96. The second-order valence-electron chi connectivity index (χ2n) is 6.34.